The molecule has 3 aromatic rings. The van der Waals surface area contributed by atoms with E-state index < -0.39 is 12.8 Å². The number of benzene rings is 2. The lowest BCUT2D eigenvalue weighted by atomic mass is 10.0. The maximum atomic E-state index is 12.9. The minimum atomic E-state index is -4.50. The van der Waals surface area contributed by atoms with Gasteiger partial charge in [-0.1, -0.05) is 24.3 Å². The molecule has 8 heteroatoms. The van der Waals surface area contributed by atoms with E-state index in [9.17, 15) is 13.2 Å². The van der Waals surface area contributed by atoms with E-state index in [2.05, 4.69) is 15.3 Å². The lowest BCUT2D eigenvalue weighted by Gasteiger charge is -2.18. The maximum absolute atomic E-state index is 12.9. The first-order valence-electron chi connectivity index (χ1n) is 9.35. The summed E-state index contributed by atoms with van der Waals surface area (Å²) in [6.45, 7) is -1.44. The second-order valence-corrected chi connectivity index (χ2v) is 7.00. The zero-order valence-corrected chi connectivity index (χ0v) is 15.8. The van der Waals surface area contributed by atoms with Crippen LogP contribution in [-0.4, -0.2) is 22.8 Å². The van der Waals surface area contributed by atoms with Crippen LogP contribution < -0.4 is 10.1 Å². The summed E-state index contributed by atoms with van der Waals surface area (Å²) in [6, 6.07) is 13.6. The number of ether oxygens (including phenoxy) is 1. The van der Waals surface area contributed by atoms with Gasteiger partial charge in [-0.3, -0.25) is 4.98 Å². The molecule has 1 heterocycles. The summed E-state index contributed by atoms with van der Waals surface area (Å²) >= 11 is 0. The van der Waals surface area contributed by atoms with Crippen molar-refractivity contribution in [3.05, 3.63) is 66.1 Å². The molecule has 0 unspecified atom stereocenters. The molecule has 2 aromatic carbocycles. The van der Waals surface area contributed by atoms with Crippen molar-refractivity contribution >= 4 is 11.5 Å². The van der Waals surface area contributed by atoms with E-state index in [1.807, 2.05) is 6.07 Å². The van der Waals surface area contributed by atoms with Gasteiger partial charge in [-0.15, -0.1) is 0 Å². The van der Waals surface area contributed by atoms with E-state index in [1.165, 1.54) is 0 Å². The van der Waals surface area contributed by atoms with E-state index in [-0.39, 0.29) is 5.75 Å². The average molecular weight is 410 g/mol. The Morgan fingerprint density at radius 3 is 2.57 bits per heavy atom. The monoisotopic (exact) mass is 410 g/mol. The van der Waals surface area contributed by atoms with Gasteiger partial charge in [0, 0.05) is 11.5 Å². The van der Waals surface area contributed by atoms with Gasteiger partial charge < -0.3 is 10.1 Å². The zero-order chi connectivity index (χ0) is 21.1. The Bertz CT molecular complexity index is 1090. The van der Waals surface area contributed by atoms with Gasteiger partial charge in [-0.25, -0.2) is 4.98 Å². The number of nitrogens with zero attached hydrogens (tertiary/aromatic N) is 3. The molecule has 0 spiro atoms. The van der Waals surface area contributed by atoms with E-state index in [0.29, 0.717) is 34.1 Å². The van der Waals surface area contributed by atoms with E-state index in [1.54, 1.807) is 54.9 Å². The predicted molar refractivity (Wildman–Crippen MR) is 105 cm³/mol. The predicted octanol–water partition coefficient (Wildman–Crippen LogP) is 5.58. The number of para-hydroxylation sites is 1. The number of rotatable bonds is 6. The first-order valence-corrected chi connectivity index (χ1v) is 9.35. The van der Waals surface area contributed by atoms with Gasteiger partial charge in [0.2, 0.25) is 0 Å². The lowest BCUT2D eigenvalue weighted by Crippen LogP contribution is -2.20. The third-order valence-corrected chi connectivity index (χ3v) is 4.63. The van der Waals surface area contributed by atoms with Crippen LogP contribution in [0, 0.1) is 11.3 Å². The third kappa shape index (κ3) is 4.69. The zero-order valence-electron chi connectivity index (χ0n) is 15.8. The molecule has 1 saturated carbocycles. The van der Waals surface area contributed by atoms with E-state index in [4.69, 9.17) is 10.00 Å². The Labute approximate surface area is 171 Å². The lowest BCUT2D eigenvalue weighted by molar-refractivity contribution is -0.153. The molecular formula is C22H17F3N4O. The standard InChI is InChI=1S/C22H17F3N4O/c23-22(24,25)13-30-21-17(16-4-1-3-14(9-16)10-26)5-2-6-18(21)29-20-12-27-19(11-28-20)15-7-8-15/h1-6,9,11-12,15H,7-8,13H2,(H,28,29). The molecule has 0 aliphatic heterocycles. The van der Waals surface area contributed by atoms with Crippen molar-refractivity contribution in [1.29, 1.82) is 5.26 Å². The number of aromatic nitrogens is 2. The average Bonchev–Trinajstić information content (AvgIpc) is 3.58. The summed E-state index contributed by atoms with van der Waals surface area (Å²) in [5, 5.41) is 12.1. The number of halogens is 3. The van der Waals surface area contributed by atoms with Crippen molar-refractivity contribution in [3.63, 3.8) is 0 Å². The van der Waals surface area contributed by atoms with Crippen LogP contribution in [-0.2, 0) is 0 Å². The molecule has 0 radical (unpaired) electrons. The second-order valence-electron chi connectivity index (χ2n) is 7.00. The molecule has 0 bridgehead atoms. The maximum Gasteiger partial charge on any atom is 0.422 e. The van der Waals surface area contributed by atoms with Crippen LogP contribution in [0.15, 0.2) is 54.9 Å². The molecule has 1 aliphatic rings. The largest absolute Gasteiger partial charge is 0.481 e. The molecular weight excluding hydrogens is 393 g/mol. The van der Waals surface area contributed by atoms with Crippen LogP contribution in [0.25, 0.3) is 11.1 Å². The fourth-order valence-electron chi connectivity index (χ4n) is 3.06. The highest BCUT2D eigenvalue weighted by Crippen LogP contribution is 2.40. The minimum Gasteiger partial charge on any atom is -0.481 e. The van der Waals surface area contributed by atoms with Gasteiger partial charge in [0.05, 0.1) is 35.4 Å². The van der Waals surface area contributed by atoms with Crippen LogP contribution in [0.2, 0.25) is 0 Å². The number of nitriles is 1. The van der Waals surface area contributed by atoms with E-state index >= 15 is 0 Å². The summed E-state index contributed by atoms with van der Waals surface area (Å²) < 4.78 is 43.8. The minimum absolute atomic E-state index is 0.0259. The Morgan fingerprint density at radius 1 is 1.10 bits per heavy atom. The third-order valence-electron chi connectivity index (χ3n) is 4.63. The van der Waals surface area contributed by atoms with Crippen molar-refractivity contribution in [2.24, 2.45) is 0 Å². The highest BCUT2D eigenvalue weighted by molar-refractivity contribution is 5.80. The molecule has 0 amide bonds. The first kappa shape index (κ1) is 19.7. The molecule has 1 aromatic heterocycles. The molecule has 5 nitrogen and oxygen atoms in total. The highest BCUT2D eigenvalue weighted by atomic mass is 19.4. The van der Waals surface area contributed by atoms with Gasteiger partial charge in [0.15, 0.2) is 12.4 Å². The van der Waals surface area contributed by atoms with Crippen molar-refractivity contribution in [2.45, 2.75) is 24.9 Å². The quantitative estimate of drug-likeness (QED) is 0.575. The number of anilines is 2. The number of alkyl halides is 3. The fourth-order valence-corrected chi connectivity index (χ4v) is 3.06. The molecule has 152 valence electrons. The molecule has 0 atom stereocenters. The summed E-state index contributed by atoms with van der Waals surface area (Å²) in [5.74, 6) is 0.880. The summed E-state index contributed by atoms with van der Waals surface area (Å²) in [4.78, 5) is 8.69. The normalized spacial score (nSPS) is 13.5. The number of hydrogen-bond donors (Lipinski definition) is 1. The van der Waals surface area contributed by atoms with Crippen molar-refractivity contribution in [3.8, 4) is 22.9 Å². The Hall–Kier alpha value is -3.60. The van der Waals surface area contributed by atoms with Crippen LogP contribution in [0.1, 0.15) is 30.0 Å². The molecule has 30 heavy (non-hydrogen) atoms. The highest BCUT2D eigenvalue weighted by Gasteiger charge is 2.30. The Morgan fingerprint density at radius 2 is 1.90 bits per heavy atom. The Kier molecular flexibility index (Phi) is 5.27. The first-order chi connectivity index (χ1) is 14.4. The van der Waals surface area contributed by atoms with Gasteiger partial charge in [0.25, 0.3) is 0 Å². The molecule has 1 N–H and O–H groups in total. The van der Waals surface area contributed by atoms with Gasteiger partial charge in [0.1, 0.15) is 5.82 Å². The molecule has 1 fully saturated rings. The fraction of sp³-hybridized carbons (Fsp3) is 0.227. The summed E-state index contributed by atoms with van der Waals surface area (Å²) in [6.07, 6.45) is 0.937. The number of nitrogens with one attached hydrogen (secondary N) is 1. The van der Waals surface area contributed by atoms with Crippen LogP contribution >= 0.6 is 0 Å². The van der Waals surface area contributed by atoms with Gasteiger partial charge in [-0.2, -0.15) is 18.4 Å². The van der Waals surface area contributed by atoms with Crippen LogP contribution in [0.3, 0.4) is 0 Å². The Balaban J connectivity index is 1.70. The molecule has 1 aliphatic carbocycles. The van der Waals surface area contributed by atoms with Crippen LogP contribution in [0.5, 0.6) is 5.75 Å². The van der Waals surface area contributed by atoms with Crippen molar-refractivity contribution in [2.75, 3.05) is 11.9 Å². The van der Waals surface area contributed by atoms with Gasteiger partial charge in [-0.05, 0) is 36.6 Å². The number of hydrogen-bond acceptors (Lipinski definition) is 5. The second kappa shape index (κ2) is 8.03. The van der Waals surface area contributed by atoms with E-state index in [0.717, 1.165) is 18.5 Å². The van der Waals surface area contributed by atoms with Crippen LogP contribution in [0.4, 0.5) is 24.7 Å². The molecule has 4 rings (SSSR count). The topological polar surface area (TPSA) is 70.8 Å². The summed E-state index contributed by atoms with van der Waals surface area (Å²) in [7, 11) is 0. The smallest absolute Gasteiger partial charge is 0.422 e. The van der Waals surface area contributed by atoms with Gasteiger partial charge >= 0.3 is 6.18 Å². The molecule has 0 saturated heterocycles. The SMILES string of the molecule is N#Cc1cccc(-c2cccc(Nc3cnc(C4CC4)cn3)c2OCC(F)(F)F)c1. The summed E-state index contributed by atoms with van der Waals surface area (Å²) in [5.41, 5.74) is 2.65. The van der Waals surface area contributed by atoms with Crippen molar-refractivity contribution < 1.29 is 17.9 Å². The van der Waals surface area contributed by atoms with Crippen molar-refractivity contribution in [1.82, 2.24) is 9.97 Å².